The van der Waals surface area contributed by atoms with E-state index in [1.54, 1.807) is 0 Å². The van der Waals surface area contributed by atoms with E-state index < -0.39 is 18.5 Å². The Bertz CT molecular complexity index is 295. The maximum absolute atomic E-state index is 12.3. The van der Waals surface area contributed by atoms with Crippen molar-refractivity contribution in [1.29, 1.82) is 0 Å². The van der Waals surface area contributed by atoms with Crippen LogP contribution in [0.4, 0.5) is 13.2 Å². The molecular formula is C12H16F3N. The van der Waals surface area contributed by atoms with E-state index in [2.05, 4.69) is 0 Å². The minimum Gasteiger partial charge on any atom is -0.330 e. The Morgan fingerprint density at radius 1 is 1.12 bits per heavy atom. The highest BCUT2D eigenvalue weighted by Gasteiger charge is 2.31. The summed E-state index contributed by atoms with van der Waals surface area (Å²) < 4.78 is 36.9. The van der Waals surface area contributed by atoms with Crippen molar-refractivity contribution in [1.82, 2.24) is 0 Å². The fraction of sp³-hybridized carbons (Fsp3) is 0.500. The van der Waals surface area contributed by atoms with E-state index in [1.165, 1.54) is 0 Å². The second-order valence-electron chi connectivity index (χ2n) is 3.95. The van der Waals surface area contributed by atoms with Gasteiger partial charge in [0, 0.05) is 6.42 Å². The molecule has 0 saturated heterocycles. The van der Waals surface area contributed by atoms with Gasteiger partial charge in [0.2, 0.25) is 0 Å². The molecule has 0 radical (unpaired) electrons. The Morgan fingerprint density at radius 2 is 1.75 bits per heavy atom. The molecule has 0 aliphatic heterocycles. The first-order valence-corrected chi connectivity index (χ1v) is 5.32. The lowest BCUT2D eigenvalue weighted by molar-refractivity contribution is -0.144. The predicted octanol–water partition coefficient (Wildman–Crippen LogP) is 3.15. The topological polar surface area (TPSA) is 26.0 Å². The molecule has 1 aromatic carbocycles. The number of nitrogens with two attached hydrogens (primary N) is 1. The molecule has 0 aromatic heterocycles. The van der Waals surface area contributed by atoms with Crippen LogP contribution in [-0.4, -0.2) is 12.7 Å². The molecule has 4 heteroatoms. The molecule has 1 nitrogen and oxygen atoms in total. The quantitative estimate of drug-likeness (QED) is 0.827. The Morgan fingerprint density at radius 3 is 2.25 bits per heavy atom. The predicted molar refractivity (Wildman–Crippen MR) is 58.0 cm³/mol. The maximum Gasteiger partial charge on any atom is 0.389 e. The lowest BCUT2D eigenvalue weighted by Gasteiger charge is -2.17. The summed E-state index contributed by atoms with van der Waals surface area (Å²) >= 11 is 0. The van der Waals surface area contributed by atoms with Gasteiger partial charge >= 0.3 is 6.18 Å². The Hall–Kier alpha value is -1.03. The SMILES string of the molecule is NCCC(Cc1ccccc1)CC(F)(F)F. The number of hydrogen-bond acceptors (Lipinski definition) is 1. The van der Waals surface area contributed by atoms with Gasteiger partial charge in [-0.25, -0.2) is 0 Å². The van der Waals surface area contributed by atoms with Gasteiger partial charge in [-0.1, -0.05) is 30.3 Å². The van der Waals surface area contributed by atoms with E-state index in [-0.39, 0.29) is 0 Å². The monoisotopic (exact) mass is 231 g/mol. The van der Waals surface area contributed by atoms with Crippen LogP contribution in [0.25, 0.3) is 0 Å². The molecule has 0 fully saturated rings. The van der Waals surface area contributed by atoms with Crippen molar-refractivity contribution < 1.29 is 13.2 Å². The van der Waals surface area contributed by atoms with E-state index in [0.29, 0.717) is 19.4 Å². The molecule has 0 spiro atoms. The van der Waals surface area contributed by atoms with E-state index in [1.807, 2.05) is 30.3 Å². The summed E-state index contributed by atoms with van der Waals surface area (Å²) in [5, 5.41) is 0. The van der Waals surface area contributed by atoms with Crippen molar-refractivity contribution in [2.24, 2.45) is 11.7 Å². The van der Waals surface area contributed by atoms with E-state index in [9.17, 15) is 13.2 Å². The fourth-order valence-corrected chi connectivity index (χ4v) is 1.79. The highest BCUT2D eigenvalue weighted by atomic mass is 19.4. The van der Waals surface area contributed by atoms with Crippen molar-refractivity contribution in [2.75, 3.05) is 6.54 Å². The molecule has 0 aliphatic rings. The van der Waals surface area contributed by atoms with Gasteiger partial charge in [-0.15, -0.1) is 0 Å². The van der Waals surface area contributed by atoms with Gasteiger partial charge in [0.25, 0.3) is 0 Å². The van der Waals surface area contributed by atoms with Crippen molar-refractivity contribution in [2.45, 2.75) is 25.4 Å². The van der Waals surface area contributed by atoms with Crippen molar-refractivity contribution in [3.63, 3.8) is 0 Å². The number of alkyl halides is 3. The fourth-order valence-electron chi connectivity index (χ4n) is 1.79. The minimum absolute atomic E-state index is 0.299. The van der Waals surface area contributed by atoms with E-state index in [4.69, 9.17) is 5.73 Å². The molecule has 0 saturated carbocycles. The molecule has 0 amide bonds. The summed E-state index contributed by atoms with van der Waals surface area (Å²) in [6.07, 6.45) is -4.00. The standard InChI is InChI=1S/C12H16F3N/c13-12(14,15)9-11(6-7-16)8-10-4-2-1-3-5-10/h1-5,11H,6-9,16H2. The summed E-state index contributed by atoms with van der Waals surface area (Å²) in [6, 6.07) is 9.22. The van der Waals surface area contributed by atoms with Gasteiger partial charge in [-0.3, -0.25) is 0 Å². The second-order valence-corrected chi connectivity index (χ2v) is 3.95. The second kappa shape index (κ2) is 5.89. The Balaban J connectivity index is 2.58. The van der Waals surface area contributed by atoms with Crippen LogP contribution in [0.1, 0.15) is 18.4 Å². The number of hydrogen-bond donors (Lipinski definition) is 1. The van der Waals surface area contributed by atoms with Crippen LogP contribution < -0.4 is 5.73 Å². The Kier molecular flexibility index (Phi) is 4.80. The van der Waals surface area contributed by atoms with E-state index in [0.717, 1.165) is 5.56 Å². The third kappa shape index (κ3) is 5.16. The molecule has 1 atom stereocenters. The summed E-state index contributed by atoms with van der Waals surface area (Å²) in [6.45, 7) is 0.299. The summed E-state index contributed by atoms with van der Waals surface area (Å²) in [5.41, 5.74) is 6.27. The smallest absolute Gasteiger partial charge is 0.330 e. The zero-order valence-electron chi connectivity index (χ0n) is 9.00. The van der Waals surface area contributed by atoms with Gasteiger partial charge in [-0.2, -0.15) is 13.2 Å². The van der Waals surface area contributed by atoms with Crippen LogP contribution in [0.2, 0.25) is 0 Å². The van der Waals surface area contributed by atoms with Crippen molar-refractivity contribution >= 4 is 0 Å². The van der Waals surface area contributed by atoms with Gasteiger partial charge in [0.15, 0.2) is 0 Å². The first kappa shape index (κ1) is 13.0. The zero-order chi connectivity index (χ0) is 12.0. The minimum atomic E-state index is -4.10. The van der Waals surface area contributed by atoms with Gasteiger partial charge in [0.05, 0.1) is 0 Å². The molecule has 0 aliphatic carbocycles. The van der Waals surface area contributed by atoms with Gasteiger partial charge < -0.3 is 5.73 Å². The molecule has 1 unspecified atom stereocenters. The van der Waals surface area contributed by atoms with Crippen LogP contribution in [0.15, 0.2) is 30.3 Å². The Labute approximate surface area is 93.5 Å². The first-order chi connectivity index (χ1) is 7.51. The normalized spacial score (nSPS) is 13.8. The number of halogens is 3. The molecule has 0 bridgehead atoms. The molecule has 0 heterocycles. The van der Waals surface area contributed by atoms with Crippen molar-refractivity contribution in [3.8, 4) is 0 Å². The van der Waals surface area contributed by atoms with Crippen LogP contribution in [0.3, 0.4) is 0 Å². The van der Waals surface area contributed by atoms with Crippen LogP contribution in [-0.2, 0) is 6.42 Å². The number of benzene rings is 1. The van der Waals surface area contributed by atoms with Gasteiger partial charge in [-0.05, 0) is 30.9 Å². The summed E-state index contributed by atoms with van der Waals surface area (Å²) in [7, 11) is 0. The highest BCUT2D eigenvalue weighted by Crippen LogP contribution is 2.28. The molecule has 90 valence electrons. The third-order valence-electron chi connectivity index (χ3n) is 2.46. The average molecular weight is 231 g/mol. The largest absolute Gasteiger partial charge is 0.389 e. The molecule has 2 N–H and O–H groups in total. The lowest BCUT2D eigenvalue weighted by Crippen LogP contribution is -2.19. The summed E-state index contributed by atoms with van der Waals surface area (Å²) in [4.78, 5) is 0. The molecule has 16 heavy (non-hydrogen) atoms. The van der Waals surface area contributed by atoms with Crippen LogP contribution >= 0.6 is 0 Å². The molecule has 1 rings (SSSR count). The first-order valence-electron chi connectivity index (χ1n) is 5.32. The van der Waals surface area contributed by atoms with Gasteiger partial charge in [0.1, 0.15) is 0 Å². The average Bonchev–Trinajstić information content (AvgIpc) is 2.17. The number of rotatable bonds is 5. The van der Waals surface area contributed by atoms with Crippen LogP contribution in [0.5, 0.6) is 0 Å². The molecular weight excluding hydrogens is 215 g/mol. The third-order valence-corrected chi connectivity index (χ3v) is 2.46. The maximum atomic E-state index is 12.3. The zero-order valence-corrected chi connectivity index (χ0v) is 9.00. The highest BCUT2D eigenvalue weighted by molar-refractivity contribution is 5.15. The molecule has 1 aromatic rings. The summed E-state index contributed by atoms with van der Waals surface area (Å²) in [5.74, 6) is -0.410. The lowest BCUT2D eigenvalue weighted by atomic mass is 9.93. The van der Waals surface area contributed by atoms with E-state index >= 15 is 0 Å². The van der Waals surface area contributed by atoms with Crippen molar-refractivity contribution in [3.05, 3.63) is 35.9 Å². The van der Waals surface area contributed by atoms with Crippen LogP contribution in [0, 0.1) is 5.92 Å².